The molecule has 1 atom stereocenters. The van der Waals surface area contributed by atoms with Gasteiger partial charge in [-0.25, -0.2) is 0 Å². The number of carbonyl (C=O) groups is 2. The Labute approximate surface area is 131 Å². The first-order valence-corrected chi connectivity index (χ1v) is 7.81. The van der Waals surface area contributed by atoms with Gasteiger partial charge in [-0.1, -0.05) is 26.0 Å². The lowest BCUT2D eigenvalue weighted by Crippen LogP contribution is -2.46. The Morgan fingerprint density at radius 1 is 1.36 bits per heavy atom. The number of hydrogen-bond acceptors (Lipinski definition) is 2. The van der Waals surface area contributed by atoms with E-state index in [-0.39, 0.29) is 11.8 Å². The Morgan fingerprint density at radius 3 is 2.68 bits per heavy atom. The zero-order valence-corrected chi connectivity index (χ0v) is 13.8. The third-order valence-electron chi connectivity index (χ3n) is 4.04. The van der Waals surface area contributed by atoms with Crippen LogP contribution >= 0.6 is 0 Å². The summed E-state index contributed by atoms with van der Waals surface area (Å²) in [6.45, 7) is 4.07. The first-order valence-electron chi connectivity index (χ1n) is 7.81. The largest absolute Gasteiger partial charge is 0.357 e. The monoisotopic (exact) mass is 303 g/mol. The summed E-state index contributed by atoms with van der Waals surface area (Å²) in [6, 6.07) is 1.40. The van der Waals surface area contributed by atoms with Crippen LogP contribution in [-0.2, 0) is 18.3 Å². The molecule has 0 radical (unpaired) electrons. The molecule has 0 aliphatic heterocycles. The second kappa shape index (κ2) is 6.81. The first kappa shape index (κ1) is 16.3. The zero-order chi connectivity index (χ0) is 16.3. The molecule has 1 aromatic heterocycles. The Hall–Kier alpha value is -2.04. The summed E-state index contributed by atoms with van der Waals surface area (Å²) in [4.78, 5) is 24.5. The maximum absolute atomic E-state index is 12.6. The quantitative estimate of drug-likeness (QED) is 0.872. The van der Waals surface area contributed by atoms with Crippen LogP contribution in [0.4, 0.5) is 0 Å². The van der Waals surface area contributed by atoms with Crippen LogP contribution in [0.15, 0.2) is 12.1 Å². The van der Waals surface area contributed by atoms with Gasteiger partial charge in [0.05, 0.1) is 0 Å². The minimum Gasteiger partial charge on any atom is -0.357 e. The van der Waals surface area contributed by atoms with Gasteiger partial charge in [0.15, 0.2) is 0 Å². The fourth-order valence-electron chi connectivity index (χ4n) is 2.88. The highest BCUT2D eigenvalue weighted by molar-refractivity contribution is 5.97. The molecule has 0 unspecified atom stereocenters. The predicted molar refractivity (Wildman–Crippen MR) is 87.5 cm³/mol. The summed E-state index contributed by atoms with van der Waals surface area (Å²) in [5.74, 6) is -0.0207. The van der Waals surface area contributed by atoms with Crippen LogP contribution < -0.4 is 10.6 Å². The molecule has 1 aliphatic carbocycles. The number of rotatable bonds is 5. The summed E-state index contributed by atoms with van der Waals surface area (Å²) in [7, 11) is 3.50. The van der Waals surface area contributed by atoms with Gasteiger partial charge in [0.25, 0.3) is 5.91 Å². The fraction of sp³-hybridized carbons (Fsp3) is 0.529. The summed E-state index contributed by atoms with van der Waals surface area (Å²) in [5.41, 5.74) is 2.88. The van der Waals surface area contributed by atoms with Gasteiger partial charge in [-0.15, -0.1) is 0 Å². The van der Waals surface area contributed by atoms with Crippen molar-refractivity contribution in [2.45, 2.75) is 39.2 Å². The molecule has 120 valence electrons. The third kappa shape index (κ3) is 3.40. The van der Waals surface area contributed by atoms with Gasteiger partial charge in [-0.05, 0) is 36.8 Å². The van der Waals surface area contributed by atoms with Crippen molar-refractivity contribution in [3.8, 4) is 0 Å². The molecule has 2 rings (SSSR count). The summed E-state index contributed by atoms with van der Waals surface area (Å²) < 4.78 is 1.93. The lowest BCUT2D eigenvalue weighted by Gasteiger charge is -2.19. The van der Waals surface area contributed by atoms with E-state index in [1.54, 1.807) is 7.05 Å². The van der Waals surface area contributed by atoms with E-state index < -0.39 is 6.04 Å². The second-order valence-corrected chi connectivity index (χ2v) is 6.20. The van der Waals surface area contributed by atoms with Crippen molar-refractivity contribution in [3.63, 3.8) is 0 Å². The molecular weight excluding hydrogens is 278 g/mol. The zero-order valence-electron chi connectivity index (χ0n) is 13.8. The Morgan fingerprint density at radius 2 is 2.09 bits per heavy atom. The molecule has 1 aromatic rings. The first-order chi connectivity index (χ1) is 10.4. The van der Waals surface area contributed by atoms with Gasteiger partial charge in [0.1, 0.15) is 11.7 Å². The number of likely N-dealkylation sites (N-methyl/N-ethyl adjacent to an activating group) is 1. The lowest BCUT2D eigenvalue weighted by molar-refractivity contribution is -0.122. The molecule has 5 heteroatoms. The molecule has 0 saturated carbocycles. The lowest BCUT2D eigenvalue weighted by atomic mass is 10.0. The van der Waals surface area contributed by atoms with E-state index in [1.807, 2.05) is 31.5 Å². The number of amides is 2. The van der Waals surface area contributed by atoms with Crippen molar-refractivity contribution < 1.29 is 9.59 Å². The van der Waals surface area contributed by atoms with Gasteiger partial charge < -0.3 is 15.2 Å². The number of nitrogens with zero attached hydrogens (tertiary/aromatic N) is 1. The van der Waals surface area contributed by atoms with Crippen molar-refractivity contribution in [1.29, 1.82) is 0 Å². The van der Waals surface area contributed by atoms with Crippen molar-refractivity contribution in [2.75, 3.05) is 7.05 Å². The fourth-order valence-corrected chi connectivity index (χ4v) is 2.88. The Kier molecular flexibility index (Phi) is 5.06. The van der Waals surface area contributed by atoms with Crippen LogP contribution in [0.3, 0.4) is 0 Å². The van der Waals surface area contributed by atoms with Crippen molar-refractivity contribution >= 4 is 17.9 Å². The smallest absolute Gasteiger partial charge is 0.268 e. The normalized spacial score (nSPS) is 14.6. The molecule has 1 heterocycles. The maximum atomic E-state index is 12.6. The predicted octanol–water partition coefficient (Wildman–Crippen LogP) is 1.87. The molecule has 5 nitrogen and oxygen atoms in total. The van der Waals surface area contributed by atoms with E-state index >= 15 is 0 Å². The van der Waals surface area contributed by atoms with Crippen LogP contribution in [0.2, 0.25) is 0 Å². The number of aromatic nitrogens is 1. The molecular formula is C17H25N3O2. The molecule has 0 aromatic carbocycles. The van der Waals surface area contributed by atoms with Crippen LogP contribution in [0.5, 0.6) is 0 Å². The van der Waals surface area contributed by atoms with Gasteiger partial charge >= 0.3 is 0 Å². The number of carbonyl (C=O) groups excluding carboxylic acids is 2. The van der Waals surface area contributed by atoms with Crippen LogP contribution in [0.1, 0.15) is 48.4 Å². The molecule has 0 fully saturated rings. The summed E-state index contributed by atoms with van der Waals surface area (Å²) >= 11 is 0. The average Bonchev–Trinajstić information content (AvgIpc) is 2.83. The molecule has 0 spiro atoms. The molecule has 0 bridgehead atoms. The highest BCUT2D eigenvalue weighted by atomic mass is 16.2. The highest BCUT2D eigenvalue weighted by Gasteiger charge is 2.24. The molecule has 22 heavy (non-hydrogen) atoms. The van der Waals surface area contributed by atoms with Gasteiger partial charge in [0, 0.05) is 19.8 Å². The second-order valence-electron chi connectivity index (χ2n) is 6.20. The van der Waals surface area contributed by atoms with Crippen LogP contribution in [0.25, 0.3) is 6.08 Å². The van der Waals surface area contributed by atoms with Crippen molar-refractivity contribution in [3.05, 3.63) is 29.1 Å². The maximum Gasteiger partial charge on any atom is 0.268 e. The summed E-state index contributed by atoms with van der Waals surface area (Å²) in [6.07, 6.45) is 6.74. The number of allylic oxidation sites excluding steroid dienone is 1. The van der Waals surface area contributed by atoms with E-state index in [2.05, 4.69) is 22.8 Å². The van der Waals surface area contributed by atoms with E-state index in [1.165, 1.54) is 5.69 Å². The Balaban J connectivity index is 2.18. The van der Waals surface area contributed by atoms with Crippen LogP contribution in [-0.4, -0.2) is 29.5 Å². The van der Waals surface area contributed by atoms with Gasteiger partial charge in [0.2, 0.25) is 5.91 Å². The van der Waals surface area contributed by atoms with Gasteiger partial charge in [-0.3, -0.25) is 9.59 Å². The van der Waals surface area contributed by atoms with E-state index in [0.29, 0.717) is 18.0 Å². The Bertz CT molecular complexity index is 599. The SMILES string of the molecule is CNC(=O)[C@H](CC(C)C)NC(=O)c1cc2c(n1C)CCC=C2. The average molecular weight is 303 g/mol. The summed E-state index contributed by atoms with van der Waals surface area (Å²) in [5, 5.41) is 5.49. The van der Waals surface area contributed by atoms with Crippen LogP contribution in [0, 0.1) is 5.92 Å². The molecule has 2 N–H and O–H groups in total. The third-order valence-corrected chi connectivity index (χ3v) is 4.04. The standard InChI is InChI=1S/C17H25N3O2/c1-11(2)9-13(16(21)18-3)19-17(22)15-10-12-7-5-6-8-14(12)20(15)4/h5,7,10-11,13H,6,8-9H2,1-4H3,(H,18,21)(H,19,22)/t13-/m0/s1. The molecule has 2 amide bonds. The minimum atomic E-state index is -0.500. The van der Waals surface area contributed by atoms with E-state index in [0.717, 1.165) is 18.4 Å². The number of fused-ring (bicyclic) bond motifs is 1. The number of nitrogens with one attached hydrogen (secondary N) is 2. The van der Waals surface area contributed by atoms with Gasteiger partial charge in [-0.2, -0.15) is 0 Å². The topological polar surface area (TPSA) is 63.1 Å². The molecule has 1 aliphatic rings. The number of hydrogen-bond donors (Lipinski definition) is 2. The van der Waals surface area contributed by atoms with Crippen molar-refractivity contribution in [2.24, 2.45) is 13.0 Å². The minimum absolute atomic E-state index is 0.152. The van der Waals surface area contributed by atoms with E-state index in [4.69, 9.17) is 0 Å². The molecule has 0 saturated heterocycles. The van der Waals surface area contributed by atoms with Crippen molar-refractivity contribution in [1.82, 2.24) is 15.2 Å². The highest BCUT2D eigenvalue weighted by Crippen LogP contribution is 2.22. The van der Waals surface area contributed by atoms with E-state index in [9.17, 15) is 9.59 Å².